The predicted octanol–water partition coefficient (Wildman–Crippen LogP) is 8.27. The minimum absolute atomic E-state index is 0.0593. The highest BCUT2D eigenvalue weighted by Gasteiger charge is 2.62. The van der Waals surface area contributed by atoms with Gasteiger partial charge in [0.1, 0.15) is 12.7 Å². The summed E-state index contributed by atoms with van der Waals surface area (Å²) in [7, 11) is -6.97. The Morgan fingerprint density at radius 1 is 0.825 bits per heavy atom. The Hall–Kier alpha value is -1.28. The molecule has 0 N–H and O–H groups in total. The molecule has 1 fully saturated rings. The molecule has 40 heavy (non-hydrogen) atoms. The van der Waals surface area contributed by atoms with Crippen LogP contribution < -0.4 is 10.6 Å². The summed E-state index contributed by atoms with van der Waals surface area (Å²) in [5.41, 5.74) is 0.859. The molecule has 2 aromatic carbocycles. The summed E-state index contributed by atoms with van der Waals surface area (Å²) < 4.78 is 35.3. The number of hydrogen-bond acceptors (Lipinski definition) is 4. The number of ether oxygens (including phenoxy) is 1. The van der Waals surface area contributed by atoms with E-state index in [0.29, 0.717) is 12.8 Å². The van der Waals surface area contributed by atoms with E-state index in [1.807, 2.05) is 60.7 Å². The van der Waals surface area contributed by atoms with Crippen molar-refractivity contribution in [1.82, 2.24) is 0 Å². The van der Waals surface area contributed by atoms with E-state index < -0.39 is 29.4 Å². The fourth-order valence-corrected chi connectivity index (χ4v) is 10.3. The molecule has 2 aromatic rings. The lowest BCUT2D eigenvalue weighted by Crippen LogP contribution is -2.56. The molecular weight excluding hydrogens is 548 g/mol. The zero-order valence-corrected chi connectivity index (χ0v) is 29.3. The maximum absolute atomic E-state index is 14.8. The minimum atomic E-state index is -2.82. The van der Waals surface area contributed by atoms with Crippen LogP contribution in [0.1, 0.15) is 54.4 Å². The van der Waals surface area contributed by atoms with Gasteiger partial charge in [-0.25, -0.2) is 0 Å². The van der Waals surface area contributed by atoms with Gasteiger partial charge in [-0.3, -0.25) is 0 Å². The zero-order valence-electron chi connectivity index (χ0n) is 26.4. The van der Waals surface area contributed by atoms with E-state index in [0.717, 1.165) is 23.5 Å². The van der Waals surface area contributed by atoms with Gasteiger partial charge in [-0.05, 0) is 49.1 Å². The van der Waals surface area contributed by atoms with Crippen molar-refractivity contribution >= 4 is 34.4 Å². The summed E-state index contributed by atoms with van der Waals surface area (Å²) in [4.78, 5) is 0. The van der Waals surface area contributed by atoms with Crippen molar-refractivity contribution in [3.63, 3.8) is 0 Å². The summed E-state index contributed by atoms with van der Waals surface area (Å²) >= 11 is 0. The van der Waals surface area contributed by atoms with Crippen molar-refractivity contribution in [1.29, 1.82) is 0 Å². The second kappa shape index (κ2) is 11.1. The Bertz CT molecular complexity index is 1200. The summed E-state index contributed by atoms with van der Waals surface area (Å²) in [6, 6.07) is 20.0. The standard InChI is InChI=1S/C33H51O4PSi2/c1-31(2,3)39(7,8)36-29-23-26(24-30(33(29)25-35-33)37-40(9,10)32(4,5)6)21-22-38(34,27-17-13-11-14-18-27)28-19-15-12-16-20-28/h11-20,23,29-30H,21-22,24-25H2,1-10H3/t29-,30-,33?/m1/s1. The molecule has 0 amide bonds. The molecule has 0 radical (unpaired) electrons. The fourth-order valence-electron chi connectivity index (χ4n) is 4.98. The Labute approximate surface area is 245 Å². The molecule has 4 rings (SSSR count). The third-order valence-electron chi connectivity index (χ3n) is 9.90. The zero-order chi connectivity index (χ0) is 29.6. The van der Waals surface area contributed by atoms with Crippen LogP contribution in [0.4, 0.5) is 0 Å². The van der Waals surface area contributed by atoms with Crippen molar-refractivity contribution in [2.45, 2.75) is 108 Å². The highest BCUT2D eigenvalue weighted by molar-refractivity contribution is 7.78. The molecule has 1 saturated heterocycles. The normalized spacial score (nSPS) is 24.2. The van der Waals surface area contributed by atoms with Crippen molar-refractivity contribution in [2.75, 3.05) is 12.8 Å². The van der Waals surface area contributed by atoms with Crippen LogP contribution in [0.3, 0.4) is 0 Å². The molecule has 1 heterocycles. The van der Waals surface area contributed by atoms with Crippen molar-refractivity contribution < 1.29 is 18.2 Å². The topological polar surface area (TPSA) is 48.1 Å². The molecule has 3 atom stereocenters. The smallest absolute Gasteiger partial charge is 0.193 e. The molecular formula is C33H51O4PSi2. The molecule has 0 saturated carbocycles. The van der Waals surface area contributed by atoms with Gasteiger partial charge in [-0.2, -0.15) is 0 Å². The van der Waals surface area contributed by atoms with Gasteiger partial charge in [-0.15, -0.1) is 0 Å². The largest absolute Gasteiger partial charge is 0.410 e. The van der Waals surface area contributed by atoms with Crippen LogP contribution in [0.25, 0.3) is 0 Å². The quantitative estimate of drug-likeness (QED) is 0.126. The summed E-state index contributed by atoms with van der Waals surface area (Å²) in [6.45, 7) is 23.7. The summed E-state index contributed by atoms with van der Waals surface area (Å²) in [6.07, 6.45) is 4.23. The van der Waals surface area contributed by atoms with E-state index in [1.54, 1.807) is 0 Å². The van der Waals surface area contributed by atoms with E-state index in [2.05, 4.69) is 73.8 Å². The first kappa shape index (κ1) is 31.7. The molecule has 4 nitrogen and oxygen atoms in total. The fraction of sp³-hybridized carbons (Fsp3) is 0.576. The van der Waals surface area contributed by atoms with Gasteiger partial charge in [-0.1, -0.05) is 114 Å². The average molecular weight is 599 g/mol. The van der Waals surface area contributed by atoms with Crippen LogP contribution in [0.5, 0.6) is 0 Å². The maximum Gasteiger partial charge on any atom is 0.193 e. The van der Waals surface area contributed by atoms with Crippen LogP contribution in [0, 0.1) is 0 Å². The lowest BCUT2D eigenvalue weighted by atomic mass is 9.84. The summed E-state index contributed by atoms with van der Waals surface area (Å²) in [5.74, 6) is 0. The third-order valence-corrected chi connectivity index (χ3v) is 22.0. The van der Waals surface area contributed by atoms with Crippen LogP contribution >= 0.6 is 7.14 Å². The van der Waals surface area contributed by atoms with Crippen molar-refractivity contribution in [2.24, 2.45) is 0 Å². The number of epoxide rings is 1. The van der Waals surface area contributed by atoms with E-state index in [4.69, 9.17) is 13.6 Å². The van der Waals surface area contributed by atoms with Crippen LogP contribution in [0.2, 0.25) is 36.3 Å². The third kappa shape index (κ3) is 6.38. The lowest BCUT2D eigenvalue weighted by molar-refractivity contribution is 0.00982. The molecule has 7 heteroatoms. The molecule has 1 spiro atoms. The molecule has 2 aliphatic rings. The predicted molar refractivity (Wildman–Crippen MR) is 175 cm³/mol. The highest BCUT2D eigenvalue weighted by atomic mass is 31.2. The molecule has 1 unspecified atom stereocenters. The minimum Gasteiger partial charge on any atom is -0.410 e. The second-order valence-corrected chi connectivity index (χ2v) is 27.3. The molecule has 220 valence electrons. The van der Waals surface area contributed by atoms with Gasteiger partial charge in [0, 0.05) is 16.8 Å². The van der Waals surface area contributed by atoms with Gasteiger partial charge in [0.05, 0.1) is 18.8 Å². The highest BCUT2D eigenvalue weighted by Crippen LogP contribution is 2.52. The van der Waals surface area contributed by atoms with Crippen molar-refractivity contribution in [3.05, 3.63) is 72.3 Å². The Morgan fingerprint density at radius 3 is 1.70 bits per heavy atom. The van der Waals surface area contributed by atoms with Gasteiger partial charge >= 0.3 is 0 Å². The van der Waals surface area contributed by atoms with E-state index in [1.165, 1.54) is 5.57 Å². The van der Waals surface area contributed by atoms with Gasteiger partial charge < -0.3 is 18.2 Å². The van der Waals surface area contributed by atoms with Gasteiger partial charge in [0.15, 0.2) is 16.6 Å². The van der Waals surface area contributed by atoms with Crippen LogP contribution in [0.15, 0.2) is 72.3 Å². The van der Waals surface area contributed by atoms with E-state index >= 15 is 0 Å². The molecule has 1 aliphatic carbocycles. The maximum atomic E-state index is 14.8. The second-order valence-electron chi connectivity index (χ2n) is 14.8. The molecule has 1 aliphatic heterocycles. The number of rotatable bonds is 9. The van der Waals surface area contributed by atoms with Gasteiger partial charge in [0.2, 0.25) is 0 Å². The van der Waals surface area contributed by atoms with Crippen LogP contribution in [-0.4, -0.2) is 47.2 Å². The Kier molecular flexibility index (Phi) is 8.78. The first-order chi connectivity index (χ1) is 18.4. The molecule has 0 aromatic heterocycles. The van der Waals surface area contributed by atoms with Crippen LogP contribution in [-0.2, 0) is 18.2 Å². The average Bonchev–Trinajstić information content (AvgIpc) is 3.66. The monoisotopic (exact) mass is 598 g/mol. The lowest BCUT2D eigenvalue weighted by Gasteiger charge is -2.46. The first-order valence-corrected chi connectivity index (χ1v) is 22.5. The van der Waals surface area contributed by atoms with E-state index in [-0.39, 0.29) is 22.3 Å². The van der Waals surface area contributed by atoms with Gasteiger partial charge in [0.25, 0.3) is 0 Å². The number of hydrogen-bond donors (Lipinski definition) is 0. The SMILES string of the molecule is CC(C)(C)[Si](C)(C)O[C@@H]1C=C(CCP(=O)(c2ccccc2)c2ccccc2)C[C@@H](O[Si](C)(C)C(C)(C)C)C12CO2. The van der Waals surface area contributed by atoms with Crippen molar-refractivity contribution in [3.8, 4) is 0 Å². The first-order valence-electron chi connectivity index (χ1n) is 14.8. The number of benzene rings is 2. The van der Waals surface area contributed by atoms with E-state index in [9.17, 15) is 4.57 Å². The molecule has 0 bridgehead atoms. The Balaban J connectivity index is 1.69. The summed E-state index contributed by atoms with van der Waals surface area (Å²) in [5, 5.41) is 2.02. The Morgan fingerprint density at radius 2 is 1.27 bits per heavy atom.